The summed E-state index contributed by atoms with van der Waals surface area (Å²) >= 11 is 0. The Morgan fingerprint density at radius 1 is 0.500 bits per heavy atom. The third-order valence-corrected chi connectivity index (χ3v) is 11.3. The quantitative estimate of drug-likeness (QED) is 0.0269. The van der Waals surface area contributed by atoms with Crippen molar-refractivity contribution in [1.29, 1.82) is 0 Å². The monoisotopic (exact) mass is 888 g/mol. The number of phosphoric ester groups is 1. The smallest absolute Gasteiger partial charge is 0.457 e. The maximum atomic E-state index is 12.6. The van der Waals surface area contributed by atoms with Crippen LogP contribution in [0, 0.1) is 0 Å². The zero-order chi connectivity index (χ0) is 45.1. The Labute approximate surface area is 381 Å². The number of phosphoric acid groups is 1. The van der Waals surface area contributed by atoms with E-state index in [1.54, 1.807) is 0 Å². The topological polar surface area (TPSA) is 117 Å². The summed E-state index contributed by atoms with van der Waals surface area (Å²) in [5.74, 6) is -0.340. The molecule has 0 aliphatic carbocycles. The zero-order valence-electron chi connectivity index (χ0n) is 39.8. The minimum Gasteiger partial charge on any atom is -0.457 e. The van der Waals surface area contributed by atoms with Gasteiger partial charge in [0.25, 0.3) is 0 Å². The summed E-state index contributed by atoms with van der Waals surface area (Å²) in [4.78, 5) is 22.6. The third kappa shape index (κ3) is 48.7. The highest BCUT2D eigenvalue weighted by Crippen LogP contribution is 2.43. The molecular formula is C53H94NO7P. The maximum Gasteiger partial charge on any atom is 0.472 e. The molecule has 0 aromatic heterocycles. The van der Waals surface area contributed by atoms with Crippen LogP contribution in [0.4, 0.5) is 0 Å². The zero-order valence-corrected chi connectivity index (χ0v) is 40.7. The molecule has 2 unspecified atom stereocenters. The van der Waals surface area contributed by atoms with Crippen molar-refractivity contribution in [3.8, 4) is 0 Å². The first kappa shape index (κ1) is 59.7. The van der Waals surface area contributed by atoms with Gasteiger partial charge in [-0.25, -0.2) is 4.57 Å². The summed E-state index contributed by atoms with van der Waals surface area (Å²) in [5, 5.41) is 0. The molecule has 0 aliphatic heterocycles. The van der Waals surface area contributed by atoms with E-state index < -0.39 is 13.9 Å². The number of hydrogen-bond donors (Lipinski definition) is 2. The fraction of sp³-hybridized carbons (Fsp3) is 0.717. The Hall–Kier alpha value is -2.32. The molecule has 8 nitrogen and oxygen atoms in total. The number of allylic oxidation sites excluding steroid dienone is 14. The van der Waals surface area contributed by atoms with Crippen LogP contribution >= 0.6 is 7.82 Å². The lowest BCUT2D eigenvalue weighted by atomic mass is 10.0. The van der Waals surface area contributed by atoms with Crippen molar-refractivity contribution < 1.29 is 32.8 Å². The molecule has 0 saturated carbocycles. The fourth-order valence-corrected chi connectivity index (χ4v) is 7.45. The van der Waals surface area contributed by atoms with Crippen molar-refractivity contribution in [2.24, 2.45) is 5.73 Å². The molecule has 0 amide bonds. The number of rotatable bonds is 47. The van der Waals surface area contributed by atoms with Gasteiger partial charge in [-0.05, 0) is 70.6 Å². The van der Waals surface area contributed by atoms with E-state index in [0.717, 1.165) is 96.3 Å². The molecule has 0 fully saturated rings. The van der Waals surface area contributed by atoms with E-state index in [9.17, 15) is 14.3 Å². The van der Waals surface area contributed by atoms with Crippen molar-refractivity contribution in [2.45, 2.75) is 213 Å². The van der Waals surface area contributed by atoms with Crippen molar-refractivity contribution in [1.82, 2.24) is 0 Å². The predicted molar refractivity (Wildman–Crippen MR) is 265 cm³/mol. The second-order valence-corrected chi connectivity index (χ2v) is 17.8. The van der Waals surface area contributed by atoms with Crippen LogP contribution in [0.3, 0.4) is 0 Å². The summed E-state index contributed by atoms with van der Waals surface area (Å²) in [7, 11) is -4.29. The Morgan fingerprint density at radius 3 is 1.35 bits per heavy atom. The van der Waals surface area contributed by atoms with Gasteiger partial charge in [0.2, 0.25) is 0 Å². The highest BCUT2D eigenvalue weighted by molar-refractivity contribution is 7.47. The van der Waals surface area contributed by atoms with E-state index in [1.807, 2.05) is 0 Å². The minimum absolute atomic E-state index is 0.0927. The number of esters is 1. The molecule has 358 valence electrons. The predicted octanol–water partition coefficient (Wildman–Crippen LogP) is 15.6. The van der Waals surface area contributed by atoms with E-state index in [2.05, 4.69) is 98.9 Å². The lowest BCUT2D eigenvalue weighted by Crippen LogP contribution is -2.28. The molecule has 0 bridgehead atoms. The van der Waals surface area contributed by atoms with Crippen LogP contribution in [-0.4, -0.2) is 49.9 Å². The number of ether oxygens (including phenoxy) is 2. The minimum atomic E-state index is -4.29. The Balaban J connectivity index is 4.04. The maximum absolute atomic E-state index is 12.6. The normalized spacial score (nSPS) is 14.1. The van der Waals surface area contributed by atoms with E-state index in [1.165, 1.54) is 89.9 Å². The van der Waals surface area contributed by atoms with E-state index >= 15 is 0 Å². The number of carbonyl (C=O) groups is 1. The SMILES string of the molecule is CC/C=C\C/C=C\C/C=C\C/C=C\C/C=C\C/C=C\C/C=C\CCCCCCOCC(COP(=O)(O)OCCN)OC(=O)CCCCCCCCCCCCCCCCCCC. The standard InChI is InChI=1S/C53H94NO7P/c1-3-5-7-9-11-13-15-17-19-21-22-23-24-25-26-27-28-29-31-33-35-37-39-41-43-45-48-58-50-52(51-60-62(56,57)59-49-47-54)61-53(55)46-44-42-40-38-36-34-32-30-20-18-16-14-12-10-8-6-4-2/h5,7,11,13,17,19,22-23,25-26,28-29,33,35,52H,3-4,6,8-10,12,14-16,18,20-21,24,27,30-32,34,36-51,54H2,1-2H3,(H,56,57)/b7-5-,13-11-,19-17-,23-22-,26-25-,29-28-,35-33-. The molecule has 0 aromatic carbocycles. The van der Waals surface area contributed by atoms with Crippen LogP contribution in [0.1, 0.15) is 206 Å². The molecule has 2 atom stereocenters. The molecule has 3 N–H and O–H groups in total. The van der Waals surface area contributed by atoms with Gasteiger partial charge in [0.1, 0.15) is 6.10 Å². The lowest BCUT2D eigenvalue weighted by Gasteiger charge is -2.20. The molecule has 0 rings (SSSR count). The van der Waals surface area contributed by atoms with Crippen LogP contribution in [-0.2, 0) is 27.9 Å². The summed E-state index contributed by atoms with van der Waals surface area (Å²) < 4.78 is 33.5. The van der Waals surface area contributed by atoms with Crippen molar-refractivity contribution in [2.75, 3.05) is 33.0 Å². The van der Waals surface area contributed by atoms with Gasteiger partial charge < -0.3 is 20.1 Å². The Kier molecular flexibility index (Phi) is 47.8. The third-order valence-electron chi connectivity index (χ3n) is 10.3. The van der Waals surface area contributed by atoms with Crippen molar-refractivity contribution in [3.05, 3.63) is 85.1 Å². The van der Waals surface area contributed by atoms with E-state index in [-0.39, 0.29) is 32.3 Å². The van der Waals surface area contributed by atoms with Gasteiger partial charge in [0.05, 0.1) is 19.8 Å². The molecule has 0 heterocycles. The van der Waals surface area contributed by atoms with Crippen molar-refractivity contribution >= 4 is 13.8 Å². The van der Waals surface area contributed by atoms with E-state index in [0.29, 0.717) is 13.0 Å². The molecular weight excluding hydrogens is 794 g/mol. The molecule has 0 aromatic rings. The highest BCUT2D eigenvalue weighted by Gasteiger charge is 2.25. The van der Waals surface area contributed by atoms with Gasteiger partial charge in [0.15, 0.2) is 0 Å². The summed E-state index contributed by atoms with van der Waals surface area (Å²) in [6, 6.07) is 0. The van der Waals surface area contributed by atoms with Gasteiger partial charge in [-0.3, -0.25) is 13.8 Å². The van der Waals surface area contributed by atoms with Gasteiger partial charge in [-0.2, -0.15) is 0 Å². The summed E-state index contributed by atoms with van der Waals surface area (Å²) in [6.07, 6.45) is 64.7. The first-order chi connectivity index (χ1) is 30.4. The molecule has 0 saturated heterocycles. The number of unbranched alkanes of at least 4 members (excludes halogenated alkanes) is 20. The Bertz CT molecular complexity index is 1220. The summed E-state index contributed by atoms with van der Waals surface area (Å²) in [6.45, 7) is 4.75. The van der Waals surface area contributed by atoms with E-state index in [4.69, 9.17) is 24.3 Å². The first-order valence-electron chi connectivity index (χ1n) is 25.1. The largest absolute Gasteiger partial charge is 0.472 e. The fourth-order valence-electron chi connectivity index (χ4n) is 6.68. The van der Waals surface area contributed by atoms with Gasteiger partial charge in [-0.15, -0.1) is 0 Å². The average Bonchev–Trinajstić information content (AvgIpc) is 3.26. The molecule has 0 aliphatic rings. The number of carbonyl (C=O) groups excluding carboxylic acids is 1. The van der Waals surface area contributed by atoms with Crippen LogP contribution in [0.5, 0.6) is 0 Å². The number of hydrogen-bond acceptors (Lipinski definition) is 7. The first-order valence-corrected chi connectivity index (χ1v) is 26.6. The van der Waals surface area contributed by atoms with Crippen LogP contribution in [0.15, 0.2) is 85.1 Å². The van der Waals surface area contributed by atoms with Crippen molar-refractivity contribution in [3.63, 3.8) is 0 Å². The Morgan fingerprint density at radius 2 is 0.903 bits per heavy atom. The lowest BCUT2D eigenvalue weighted by molar-refractivity contribution is -0.154. The number of nitrogens with two attached hydrogens (primary N) is 1. The second kappa shape index (κ2) is 49.7. The van der Waals surface area contributed by atoms with Crippen LogP contribution < -0.4 is 5.73 Å². The van der Waals surface area contributed by atoms with Gasteiger partial charge >= 0.3 is 13.8 Å². The molecule has 62 heavy (non-hydrogen) atoms. The summed E-state index contributed by atoms with van der Waals surface area (Å²) in [5.41, 5.74) is 5.38. The molecule has 9 heteroatoms. The molecule has 0 spiro atoms. The second-order valence-electron chi connectivity index (χ2n) is 16.3. The van der Waals surface area contributed by atoms with Crippen LogP contribution in [0.2, 0.25) is 0 Å². The van der Waals surface area contributed by atoms with Crippen LogP contribution in [0.25, 0.3) is 0 Å². The highest BCUT2D eigenvalue weighted by atomic mass is 31.2. The average molecular weight is 888 g/mol. The van der Waals surface area contributed by atoms with Gasteiger partial charge in [-0.1, -0.05) is 214 Å². The molecule has 0 radical (unpaired) electrons. The van der Waals surface area contributed by atoms with Gasteiger partial charge in [0, 0.05) is 19.6 Å².